The summed E-state index contributed by atoms with van der Waals surface area (Å²) in [5, 5.41) is 6.78. The number of hydrogen-bond acceptors (Lipinski definition) is 2. The zero-order valence-corrected chi connectivity index (χ0v) is 17.1. The van der Waals surface area contributed by atoms with Gasteiger partial charge in [0.05, 0.1) is 15.0 Å². The number of rotatable bonds is 1. The summed E-state index contributed by atoms with van der Waals surface area (Å²) in [5.74, 6) is 0. The highest BCUT2D eigenvalue weighted by Crippen LogP contribution is 2.45. The normalized spacial score (nSPS) is 12.1. The van der Waals surface area contributed by atoms with Gasteiger partial charge in [0.15, 0.2) is 0 Å². The van der Waals surface area contributed by atoms with Gasteiger partial charge in [0.25, 0.3) is 0 Å². The molecule has 0 radical (unpaired) electrons. The number of fused-ring (bicyclic) bond motifs is 8. The highest BCUT2D eigenvalue weighted by molar-refractivity contribution is 7.44. The van der Waals surface area contributed by atoms with Gasteiger partial charge in [-0.3, -0.25) is 0 Å². The zero-order chi connectivity index (χ0) is 18.9. The molecule has 4 aromatic carbocycles. The third-order valence-corrected chi connectivity index (χ3v) is 8.25. The van der Waals surface area contributed by atoms with Gasteiger partial charge < -0.3 is 4.57 Å². The topological polar surface area (TPSA) is 4.93 Å². The van der Waals surface area contributed by atoms with Crippen LogP contribution >= 0.6 is 22.7 Å². The Labute approximate surface area is 175 Å². The SMILES string of the molecule is c1ccc2c(c1)sc1sc3cc(-n4c5ccccc5c5ccccc54)ccc3c12. The van der Waals surface area contributed by atoms with Crippen LogP contribution in [0.15, 0.2) is 91.0 Å². The maximum Gasteiger partial charge on any atom is 0.0890 e. The van der Waals surface area contributed by atoms with Crippen LogP contribution in [0.4, 0.5) is 0 Å². The maximum atomic E-state index is 2.40. The van der Waals surface area contributed by atoms with E-state index in [1.165, 1.54) is 57.1 Å². The van der Waals surface area contributed by atoms with Crippen LogP contribution in [0, 0.1) is 0 Å². The van der Waals surface area contributed by atoms with E-state index in [9.17, 15) is 0 Å². The van der Waals surface area contributed by atoms with Crippen molar-refractivity contribution >= 4 is 74.1 Å². The Morgan fingerprint density at radius 2 is 1.10 bits per heavy atom. The molecule has 0 aliphatic heterocycles. The second kappa shape index (κ2) is 5.69. The second-order valence-electron chi connectivity index (χ2n) is 7.41. The van der Waals surface area contributed by atoms with Crippen molar-refractivity contribution in [3.05, 3.63) is 91.0 Å². The molecular formula is C26H15NS2. The fourth-order valence-corrected chi connectivity index (χ4v) is 7.23. The Morgan fingerprint density at radius 3 is 1.86 bits per heavy atom. The Hall–Kier alpha value is -3.14. The third kappa shape index (κ3) is 2.09. The highest BCUT2D eigenvalue weighted by Gasteiger charge is 2.15. The monoisotopic (exact) mass is 405 g/mol. The molecule has 0 atom stereocenters. The molecule has 0 saturated carbocycles. The summed E-state index contributed by atoms with van der Waals surface area (Å²) < 4.78 is 6.55. The highest BCUT2D eigenvalue weighted by atomic mass is 32.2. The maximum absolute atomic E-state index is 2.40. The summed E-state index contributed by atoms with van der Waals surface area (Å²) in [5.41, 5.74) is 3.75. The number of aromatic nitrogens is 1. The molecule has 0 spiro atoms. The van der Waals surface area contributed by atoms with Crippen LogP contribution in [0.25, 0.3) is 57.1 Å². The van der Waals surface area contributed by atoms with Gasteiger partial charge in [-0.25, -0.2) is 0 Å². The first-order chi connectivity index (χ1) is 14.4. The lowest BCUT2D eigenvalue weighted by Crippen LogP contribution is -1.92. The number of nitrogens with zero attached hydrogens (tertiary/aromatic N) is 1. The van der Waals surface area contributed by atoms with Crippen LogP contribution in [-0.4, -0.2) is 4.57 Å². The van der Waals surface area contributed by atoms with E-state index in [-0.39, 0.29) is 0 Å². The van der Waals surface area contributed by atoms with Gasteiger partial charge in [0.1, 0.15) is 0 Å². The molecule has 136 valence electrons. The summed E-state index contributed by atoms with van der Waals surface area (Å²) in [7, 11) is 0. The van der Waals surface area contributed by atoms with Crippen LogP contribution in [0.5, 0.6) is 0 Å². The molecule has 0 saturated heterocycles. The third-order valence-electron chi connectivity index (χ3n) is 5.84. The minimum atomic E-state index is 1.23. The van der Waals surface area contributed by atoms with E-state index < -0.39 is 0 Å². The molecule has 29 heavy (non-hydrogen) atoms. The van der Waals surface area contributed by atoms with Gasteiger partial charge in [0.2, 0.25) is 0 Å². The van der Waals surface area contributed by atoms with Gasteiger partial charge in [-0.1, -0.05) is 60.7 Å². The molecule has 0 bridgehead atoms. The van der Waals surface area contributed by atoms with Crippen molar-refractivity contribution in [2.45, 2.75) is 0 Å². The van der Waals surface area contributed by atoms with Crippen molar-refractivity contribution in [1.82, 2.24) is 4.57 Å². The Kier molecular flexibility index (Phi) is 3.09. The fraction of sp³-hybridized carbons (Fsp3) is 0. The summed E-state index contributed by atoms with van der Waals surface area (Å²) in [4.78, 5) is 0. The van der Waals surface area contributed by atoms with Gasteiger partial charge >= 0.3 is 0 Å². The number of para-hydroxylation sites is 2. The Balaban J connectivity index is 1.57. The van der Waals surface area contributed by atoms with E-state index in [2.05, 4.69) is 95.6 Å². The molecule has 0 fully saturated rings. The molecule has 3 heteroatoms. The molecule has 0 amide bonds. The Morgan fingerprint density at radius 1 is 0.517 bits per heavy atom. The first-order valence-corrected chi connectivity index (χ1v) is 11.3. The van der Waals surface area contributed by atoms with E-state index in [0.717, 1.165) is 0 Å². The number of benzene rings is 4. The van der Waals surface area contributed by atoms with Gasteiger partial charge in [-0.2, -0.15) is 0 Å². The quantitative estimate of drug-likeness (QED) is 0.258. The average Bonchev–Trinajstić information content (AvgIpc) is 3.40. The Bertz CT molecular complexity index is 1660. The number of hydrogen-bond donors (Lipinski definition) is 0. The van der Waals surface area contributed by atoms with E-state index in [1.54, 1.807) is 0 Å². The molecular weight excluding hydrogens is 390 g/mol. The standard InChI is InChI=1S/C26H15NS2/c1-4-10-21-17(7-1)18-8-2-5-11-22(18)27(21)16-13-14-20-24(15-16)29-26-25(20)19-9-3-6-12-23(19)28-26/h1-15H. The minimum absolute atomic E-state index is 1.23. The van der Waals surface area contributed by atoms with E-state index in [0.29, 0.717) is 0 Å². The van der Waals surface area contributed by atoms with Crippen LogP contribution in [0.2, 0.25) is 0 Å². The van der Waals surface area contributed by atoms with Crippen molar-refractivity contribution in [2.75, 3.05) is 0 Å². The lowest BCUT2D eigenvalue weighted by atomic mass is 10.1. The van der Waals surface area contributed by atoms with Crippen molar-refractivity contribution < 1.29 is 0 Å². The van der Waals surface area contributed by atoms with Crippen molar-refractivity contribution in [1.29, 1.82) is 0 Å². The van der Waals surface area contributed by atoms with Gasteiger partial charge in [-0.15, -0.1) is 22.7 Å². The smallest absolute Gasteiger partial charge is 0.0890 e. The van der Waals surface area contributed by atoms with Gasteiger partial charge in [0, 0.05) is 42.0 Å². The fourth-order valence-electron chi connectivity index (χ4n) is 4.59. The predicted molar refractivity (Wildman–Crippen MR) is 129 cm³/mol. The molecule has 3 heterocycles. The van der Waals surface area contributed by atoms with Crippen LogP contribution in [-0.2, 0) is 0 Å². The summed E-state index contributed by atoms with van der Waals surface area (Å²) in [6, 6.07) is 33.1. The molecule has 0 aliphatic rings. The van der Waals surface area contributed by atoms with E-state index in [4.69, 9.17) is 0 Å². The van der Waals surface area contributed by atoms with E-state index >= 15 is 0 Å². The molecule has 3 aromatic heterocycles. The van der Waals surface area contributed by atoms with Crippen molar-refractivity contribution in [3.8, 4) is 5.69 Å². The summed E-state index contributed by atoms with van der Waals surface area (Å²) in [6.45, 7) is 0. The molecule has 0 N–H and O–H groups in total. The lowest BCUT2D eigenvalue weighted by Gasteiger charge is -2.08. The minimum Gasteiger partial charge on any atom is -0.309 e. The number of thiophene rings is 2. The lowest BCUT2D eigenvalue weighted by molar-refractivity contribution is 1.19. The van der Waals surface area contributed by atoms with Crippen LogP contribution < -0.4 is 0 Å². The zero-order valence-electron chi connectivity index (χ0n) is 15.4. The van der Waals surface area contributed by atoms with Crippen molar-refractivity contribution in [3.63, 3.8) is 0 Å². The largest absolute Gasteiger partial charge is 0.309 e. The molecule has 0 aliphatic carbocycles. The molecule has 7 aromatic rings. The molecule has 1 nitrogen and oxygen atoms in total. The average molecular weight is 406 g/mol. The first kappa shape index (κ1) is 15.7. The predicted octanol–water partition coefficient (Wildman–Crippen LogP) is 8.37. The molecule has 7 rings (SSSR count). The van der Waals surface area contributed by atoms with Crippen LogP contribution in [0.3, 0.4) is 0 Å². The molecule has 0 unspecified atom stereocenters. The van der Waals surface area contributed by atoms with E-state index in [1.807, 2.05) is 22.7 Å². The van der Waals surface area contributed by atoms with Crippen LogP contribution in [0.1, 0.15) is 0 Å². The summed E-state index contributed by atoms with van der Waals surface area (Å²) >= 11 is 3.82. The first-order valence-electron chi connectivity index (χ1n) is 9.71. The van der Waals surface area contributed by atoms with Crippen molar-refractivity contribution in [2.24, 2.45) is 0 Å². The summed E-state index contributed by atoms with van der Waals surface area (Å²) in [6.07, 6.45) is 0. The second-order valence-corrected chi connectivity index (χ2v) is 9.78. The van der Waals surface area contributed by atoms with Gasteiger partial charge in [-0.05, 0) is 30.3 Å².